The minimum Gasteiger partial charge on any atom is -0.481 e. The van der Waals surface area contributed by atoms with Crippen molar-refractivity contribution in [2.45, 2.75) is 32.0 Å². The quantitative estimate of drug-likeness (QED) is 0.536. The number of nitrogens with zero attached hydrogens (tertiary/aromatic N) is 3. The van der Waals surface area contributed by atoms with Gasteiger partial charge >= 0.3 is 0 Å². The van der Waals surface area contributed by atoms with Crippen LogP contribution in [0.25, 0.3) is 0 Å². The predicted octanol–water partition coefficient (Wildman–Crippen LogP) is 4.96. The van der Waals surface area contributed by atoms with Gasteiger partial charge in [-0.1, -0.05) is 47.6 Å². The molecule has 1 aromatic heterocycles. The molecule has 0 unspecified atom stereocenters. The highest BCUT2D eigenvalue weighted by Crippen LogP contribution is 2.29. The predicted molar refractivity (Wildman–Crippen MR) is 117 cm³/mol. The number of aromatic nitrogens is 3. The van der Waals surface area contributed by atoms with Crippen LogP contribution in [-0.2, 0) is 11.8 Å². The van der Waals surface area contributed by atoms with Crippen LogP contribution in [0.1, 0.15) is 30.0 Å². The molecule has 1 atom stereocenters. The third kappa shape index (κ3) is 5.31. The number of benzene rings is 2. The molecule has 0 aliphatic rings. The Labute approximate surface area is 179 Å². The minimum absolute atomic E-state index is 0.0892. The number of nitrogens with one attached hydrogen (secondary N) is 1. The smallest absolute Gasteiger partial charge is 0.234 e. The fourth-order valence-electron chi connectivity index (χ4n) is 2.78. The van der Waals surface area contributed by atoms with Gasteiger partial charge in [0.1, 0.15) is 5.75 Å². The molecule has 0 saturated carbocycles. The molecule has 0 saturated heterocycles. The first-order valence-electron chi connectivity index (χ1n) is 9.15. The Hall–Kier alpha value is -2.51. The van der Waals surface area contributed by atoms with Crippen LogP contribution >= 0.6 is 23.4 Å². The molecule has 0 radical (unpaired) electrons. The summed E-state index contributed by atoms with van der Waals surface area (Å²) in [5, 5.41) is 12.6. The molecule has 1 amide bonds. The number of rotatable bonds is 7. The van der Waals surface area contributed by atoms with Crippen LogP contribution < -0.4 is 10.1 Å². The van der Waals surface area contributed by atoms with Crippen molar-refractivity contribution in [3.05, 3.63) is 64.4 Å². The first kappa shape index (κ1) is 21.2. The molecule has 0 aliphatic heterocycles. The van der Waals surface area contributed by atoms with Crippen LogP contribution in [0.3, 0.4) is 0 Å². The summed E-state index contributed by atoms with van der Waals surface area (Å²) in [6, 6.07) is 13.3. The van der Waals surface area contributed by atoms with Crippen molar-refractivity contribution in [1.29, 1.82) is 0 Å². The van der Waals surface area contributed by atoms with Gasteiger partial charge in [-0.3, -0.25) is 4.79 Å². The van der Waals surface area contributed by atoms with E-state index in [9.17, 15) is 4.79 Å². The number of carbonyl (C=O) groups is 1. The zero-order valence-electron chi connectivity index (χ0n) is 16.8. The lowest BCUT2D eigenvalue weighted by molar-refractivity contribution is -0.113. The zero-order chi connectivity index (χ0) is 21.0. The average Bonchev–Trinajstić information content (AvgIpc) is 3.05. The van der Waals surface area contributed by atoms with Crippen molar-refractivity contribution >= 4 is 35.0 Å². The van der Waals surface area contributed by atoms with Gasteiger partial charge in [0.2, 0.25) is 5.91 Å². The fourth-order valence-corrected chi connectivity index (χ4v) is 3.67. The molecule has 1 heterocycles. The molecular formula is C21H23ClN4O2S. The Kier molecular flexibility index (Phi) is 6.82. The van der Waals surface area contributed by atoms with Gasteiger partial charge in [0.05, 0.1) is 10.8 Å². The van der Waals surface area contributed by atoms with E-state index in [1.165, 1.54) is 11.8 Å². The fraction of sp³-hybridized carbons (Fsp3) is 0.286. The van der Waals surface area contributed by atoms with E-state index in [1.54, 1.807) is 6.07 Å². The Morgan fingerprint density at radius 1 is 1.24 bits per heavy atom. The monoisotopic (exact) mass is 430 g/mol. The van der Waals surface area contributed by atoms with Crippen LogP contribution in [0.15, 0.2) is 47.6 Å². The summed E-state index contributed by atoms with van der Waals surface area (Å²) in [5.41, 5.74) is 2.96. The van der Waals surface area contributed by atoms with Gasteiger partial charge in [-0.15, -0.1) is 10.2 Å². The average molecular weight is 431 g/mol. The molecular weight excluding hydrogens is 408 g/mol. The first-order valence-corrected chi connectivity index (χ1v) is 10.5. The number of thioether (sulfide) groups is 1. The van der Waals surface area contributed by atoms with Gasteiger partial charge in [-0.2, -0.15) is 0 Å². The number of hydrogen-bond acceptors (Lipinski definition) is 5. The normalized spacial score (nSPS) is 11.9. The van der Waals surface area contributed by atoms with Gasteiger partial charge in [0.15, 0.2) is 17.1 Å². The summed E-state index contributed by atoms with van der Waals surface area (Å²) in [6.45, 7) is 5.85. The third-order valence-electron chi connectivity index (χ3n) is 4.37. The zero-order valence-corrected chi connectivity index (χ0v) is 18.3. The van der Waals surface area contributed by atoms with Crippen LogP contribution in [0.5, 0.6) is 5.75 Å². The highest BCUT2D eigenvalue weighted by atomic mass is 35.5. The van der Waals surface area contributed by atoms with Crippen molar-refractivity contribution in [2.24, 2.45) is 7.05 Å². The molecule has 152 valence electrons. The Bertz CT molecular complexity index is 1020. The lowest BCUT2D eigenvalue weighted by Gasteiger charge is -2.15. The topological polar surface area (TPSA) is 69.0 Å². The molecule has 0 bridgehead atoms. The molecule has 29 heavy (non-hydrogen) atoms. The summed E-state index contributed by atoms with van der Waals surface area (Å²) in [6.07, 6.45) is -0.342. The van der Waals surface area contributed by atoms with Crippen molar-refractivity contribution in [2.75, 3.05) is 11.1 Å². The summed E-state index contributed by atoms with van der Waals surface area (Å²) < 4.78 is 7.74. The summed E-state index contributed by atoms with van der Waals surface area (Å²) >= 11 is 7.48. The summed E-state index contributed by atoms with van der Waals surface area (Å²) in [5.74, 6) is 1.39. The van der Waals surface area contributed by atoms with E-state index in [1.807, 2.05) is 68.8 Å². The molecule has 0 spiro atoms. The second-order valence-electron chi connectivity index (χ2n) is 6.75. The molecule has 2 aromatic carbocycles. The van der Waals surface area contributed by atoms with Crippen molar-refractivity contribution in [3.8, 4) is 5.75 Å². The number of ether oxygens (including phenoxy) is 1. The van der Waals surface area contributed by atoms with Crippen LogP contribution in [0.4, 0.5) is 5.69 Å². The summed E-state index contributed by atoms with van der Waals surface area (Å²) in [7, 11) is 1.85. The van der Waals surface area contributed by atoms with E-state index in [4.69, 9.17) is 16.3 Å². The first-order chi connectivity index (χ1) is 13.8. The van der Waals surface area contributed by atoms with Crippen LogP contribution in [0.2, 0.25) is 5.02 Å². The van der Waals surface area contributed by atoms with E-state index in [-0.39, 0.29) is 17.8 Å². The van der Waals surface area contributed by atoms with Crippen molar-refractivity contribution in [1.82, 2.24) is 14.8 Å². The number of anilines is 1. The number of carbonyl (C=O) groups excluding carboxylic acids is 1. The number of hydrogen-bond donors (Lipinski definition) is 1. The number of halogens is 1. The van der Waals surface area contributed by atoms with Crippen LogP contribution in [-0.4, -0.2) is 26.4 Å². The SMILES string of the molecule is Cc1ccc(C)c(NC(=O)CSc2nnc([C@@H](C)Oc3ccccc3Cl)n2C)c1. The van der Waals surface area contributed by atoms with E-state index in [0.717, 1.165) is 16.8 Å². The maximum atomic E-state index is 12.4. The van der Waals surface area contributed by atoms with E-state index in [2.05, 4.69) is 15.5 Å². The lowest BCUT2D eigenvalue weighted by atomic mass is 10.1. The Morgan fingerprint density at radius 3 is 2.76 bits per heavy atom. The highest BCUT2D eigenvalue weighted by molar-refractivity contribution is 7.99. The standard InChI is InChI=1S/C21H23ClN4O2S/c1-13-9-10-14(2)17(11-13)23-19(27)12-29-21-25-24-20(26(21)4)15(3)28-18-8-6-5-7-16(18)22/h5-11,15H,12H2,1-4H3,(H,23,27)/t15-/m1/s1. The Morgan fingerprint density at radius 2 is 2.00 bits per heavy atom. The molecule has 8 heteroatoms. The molecule has 0 aliphatic carbocycles. The molecule has 6 nitrogen and oxygen atoms in total. The minimum atomic E-state index is -0.342. The number of aryl methyl sites for hydroxylation is 2. The van der Waals surface area contributed by atoms with E-state index >= 15 is 0 Å². The molecule has 3 rings (SSSR count). The van der Waals surface area contributed by atoms with Crippen molar-refractivity contribution < 1.29 is 9.53 Å². The van der Waals surface area contributed by atoms with Gasteiger partial charge < -0.3 is 14.6 Å². The van der Waals surface area contributed by atoms with Gasteiger partial charge in [-0.25, -0.2) is 0 Å². The van der Waals surface area contributed by atoms with Crippen LogP contribution in [0, 0.1) is 13.8 Å². The van der Waals surface area contributed by atoms with Gasteiger partial charge in [0, 0.05) is 12.7 Å². The second-order valence-corrected chi connectivity index (χ2v) is 8.10. The highest BCUT2D eigenvalue weighted by Gasteiger charge is 2.19. The van der Waals surface area contributed by atoms with Gasteiger partial charge in [-0.05, 0) is 50.1 Å². The second kappa shape index (κ2) is 9.33. The van der Waals surface area contributed by atoms with Crippen molar-refractivity contribution in [3.63, 3.8) is 0 Å². The number of para-hydroxylation sites is 1. The number of amides is 1. The molecule has 0 fully saturated rings. The maximum absolute atomic E-state index is 12.4. The van der Waals surface area contributed by atoms with Gasteiger partial charge in [0.25, 0.3) is 0 Å². The Balaban J connectivity index is 1.61. The maximum Gasteiger partial charge on any atom is 0.234 e. The lowest BCUT2D eigenvalue weighted by Crippen LogP contribution is -2.15. The molecule has 1 N–H and O–H groups in total. The molecule has 3 aromatic rings. The largest absolute Gasteiger partial charge is 0.481 e. The summed E-state index contributed by atoms with van der Waals surface area (Å²) in [4.78, 5) is 12.4. The van der Waals surface area contributed by atoms with E-state index in [0.29, 0.717) is 21.8 Å². The third-order valence-corrected chi connectivity index (χ3v) is 5.70. The van der Waals surface area contributed by atoms with E-state index < -0.39 is 0 Å².